The van der Waals surface area contributed by atoms with E-state index in [2.05, 4.69) is 10.3 Å². The zero-order valence-electron chi connectivity index (χ0n) is 13.5. The summed E-state index contributed by atoms with van der Waals surface area (Å²) in [5.41, 5.74) is 1.83. The Balaban J connectivity index is 1.73. The predicted molar refractivity (Wildman–Crippen MR) is 95.3 cm³/mol. The molecule has 0 radical (unpaired) electrons. The Morgan fingerprint density at radius 2 is 2.21 bits per heavy atom. The van der Waals surface area contributed by atoms with Crippen molar-refractivity contribution in [1.82, 2.24) is 10.3 Å². The molecule has 1 atom stereocenters. The average Bonchev–Trinajstić information content (AvgIpc) is 3.37. The van der Waals surface area contributed by atoms with E-state index in [4.69, 9.17) is 0 Å². The summed E-state index contributed by atoms with van der Waals surface area (Å²) in [4.78, 5) is 17.0. The lowest BCUT2D eigenvalue weighted by atomic mass is 10.0. The van der Waals surface area contributed by atoms with Gasteiger partial charge in [0.2, 0.25) is 0 Å². The van der Waals surface area contributed by atoms with Crippen LogP contribution in [0.1, 0.15) is 54.4 Å². The highest BCUT2D eigenvalue weighted by Gasteiger charge is 2.26. The van der Waals surface area contributed by atoms with Crippen LogP contribution in [0, 0.1) is 11.3 Å². The van der Waals surface area contributed by atoms with E-state index >= 15 is 0 Å². The van der Waals surface area contributed by atoms with Gasteiger partial charge < -0.3 is 5.32 Å². The number of rotatable bonds is 6. The number of benzene rings is 1. The van der Waals surface area contributed by atoms with Crippen LogP contribution in [0.4, 0.5) is 0 Å². The van der Waals surface area contributed by atoms with Crippen LogP contribution in [0.25, 0.3) is 6.08 Å². The van der Waals surface area contributed by atoms with Gasteiger partial charge in [0.1, 0.15) is 11.6 Å². The number of thiazole rings is 1. The van der Waals surface area contributed by atoms with Gasteiger partial charge in [-0.05, 0) is 30.9 Å². The van der Waals surface area contributed by atoms with Gasteiger partial charge in [-0.2, -0.15) is 5.26 Å². The van der Waals surface area contributed by atoms with Crippen LogP contribution in [0.2, 0.25) is 0 Å². The predicted octanol–water partition coefficient (Wildman–Crippen LogP) is 4.19. The largest absolute Gasteiger partial charge is 0.345 e. The third-order valence-electron chi connectivity index (χ3n) is 4.04. The molecular weight excluding hydrogens is 318 g/mol. The summed E-state index contributed by atoms with van der Waals surface area (Å²) < 4.78 is 0. The second kappa shape index (κ2) is 7.41. The molecule has 1 amide bonds. The summed E-state index contributed by atoms with van der Waals surface area (Å²) in [7, 11) is 0. The van der Waals surface area contributed by atoms with E-state index in [1.54, 1.807) is 17.4 Å². The highest BCUT2D eigenvalue weighted by molar-refractivity contribution is 7.09. The molecule has 1 N–H and O–H groups in total. The fourth-order valence-corrected chi connectivity index (χ4v) is 3.47. The summed E-state index contributed by atoms with van der Waals surface area (Å²) in [6.45, 7) is 2.01. The summed E-state index contributed by atoms with van der Waals surface area (Å²) in [6.07, 6.45) is 4.72. The molecule has 24 heavy (non-hydrogen) atoms. The Bertz CT molecular complexity index is 784. The molecule has 1 aromatic carbocycles. The normalized spacial score (nSPS) is 15.6. The molecule has 0 aliphatic heterocycles. The molecule has 0 bridgehead atoms. The maximum atomic E-state index is 12.4. The Kier molecular flexibility index (Phi) is 5.07. The molecule has 5 heteroatoms. The number of aromatic nitrogens is 1. The van der Waals surface area contributed by atoms with E-state index in [-0.39, 0.29) is 17.5 Å². The number of carbonyl (C=O) groups is 1. The van der Waals surface area contributed by atoms with Crippen molar-refractivity contribution in [1.29, 1.82) is 5.26 Å². The second-order valence-corrected chi connectivity index (χ2v) is 6.79. The van der Waals surface area contributed by atoms with Crippen LogP contribution < -0.4 is 5.32 Å². The first kappa shape index (κ1) is 16.4. The smallest absolute Gasteiger partial charge is 0.262 e. The lowest BCUT2D eigenvalue weighted by Gasteiger charge is -2.17. The maximum absolute atomic E-state index is 12.4. The highest BCUT2D eigenvalue weighted by Crippen LogP contribution is 2.41. The lowest BCUT2D eigenvalue weighted by Crippen LogP contribution is -2.29. The van der Waals surface area contributed by atoms with Gasteiger partial charge in [0.05, 0.1) is 16.7 Å². The van der Waals surface area contributed by atoms with Crippen LogP contribution in [0.15, 0.2) is 41.3 Å². The first-order chi connectivity index (χ1) is 11.7. The molecular formula is C19H19N3OS. The number of carbonyl (C=O) groups excluding carboxylic acids is 1. The van der Waals surface area contributed by atoms with Crippen molar-refractivity contribution in [2.24, 2.45) is 0 Å². The molecule has 2 aromatic rings. The van der Waals surface area contributed by atoms with Crippen LogP contribution in [0.5, 0.6) is 0 Å². The van der Waals surface area contributed by atoms with Crippen molar-refractivity contribution < 1.29 is 4.79 Å². The fraction of sp³-hybridized carbons (Fsp3) is 0.316. The molecule has 0 saturated heterocycles. The molecule has 1 fully saturated rings. The first-order valence-electron chi connectivity index (χ1n) is 8.14. The molecule has 3 rings (SSSR count). The monoisotopic (exact) mass is 337 g/mol. The minimum absolute atomic E-state index is 0.0945. The number of nitrogens with zero attached hydrogens (tertiary/aromatic N) is 2. The summed E-state index contributed by atoms with van der Waals surface area (Å²) in [5, 5.41) is 15.3. The Hall–Kier alpha value is -2.45. The second-order valence-electron chi connectivity index (χ2n) is 5.90. The third kappa shape index (κ3) is 3.90. The van der Waals surface area contributed by atoms with Gasteiger partial charge in [-0.15, -0.1) is 11.3 Å². The van der Waals surface area contributed by atoms with Crippen LogP contribution in [-0.2, 0) is 4.79 Å². The summed E-state index contributed by atoms with van der Waals surface area (Å²) in [5.74, 6) is 0.230. The zero-order valence-corrected chi connectivity index (χ0v) is 14.3. The van der Waals surface area contributed by atoms with Crippen molar-refractivity contribution in [3.8, 4) is 6.07 Å². The third-order valence-corrected chi connectivity index (χ3v) is 5.06. The van der Waals surface area contributed by atoms with E-state index in [9.17, 15) is 10.1 Å². The SMILES string of the molecule is CCC(NC(=O)/C(C#N)=C/c1csc(C2CC2)n1)c1ccccc1. The van der Waals surface area contributed by atoms with E-state index in [1.165, 1.54) is 12.8 Å². The molecule has 1 aromatic heterocycles. The quantitative estimate of drug-likeness (QED) is 0.635. The van der Waals surface area contributed by atoms with Crippen molar-refractivity contribution in [2.45, 2.75) is 38.1 Å². The summed E-state index contributed by atoms with van der Waals surface area (Å²) in [6, 6.07) is 11.7. The van der Waals surface area contributed by atoms with E-state index < -0.39 is 0 Å². The number of nitriles is 1. The molecule has 1 heterocycles. The highest BCUT2D eigenvalue weighted by atomic mass is 32.1. The molecule has 1 saturated carbocycles. The van der Waals surface area contributed by atoms with Crippen LogP contribution in [0.3, 0.4) is 0 Å². The fourth-order valence-electron chi connectivity index (χ4n) is 2.52. The topological polar surface area (TPSA) is 65.8 Å². The zero-order chi connectivity index (χ0) is 16.9. The van der Waals surface area contributed by atoms with Gasteiger partial charge in [0.25, 0.3) is 5.91 Å². The first-order valence-corrected chi connectivity index (χ1v) is 9.02. The Morgan fingerprint density at radius 3 is 2.83 bits per heavy atom. The van der Waals surface area contributed by atoms with Gasteiger partial charge in [0.15, 0.2) is 0 Å². The van der Waals surface area contributed by atoms with Gasteiger partial charge in [-0.3, -0.25) is 4.79 Å². The average molecular weight is 337 g/mol. The van der Waals surface area contributed by atoms with Gasteiger partial charge in [-0.25, -0.2) is 4.98 Å². The van der Waals surface area contributed by atoms with Crippen molar-refractivity contribution in [3.05, 3.63) is 57.6 Å². The van der Waals surface area contributed by atoms with Crippen molar-refractivity contribution in [3.63, 3.8) is 0 Å². The van der Waals surface area contributed by atoms with Gasteiger partial charge in [0, 0.05) is 11.3 Å². The Morgan fingerprint density at radius 1 is 1.46 bits per heavy atom. The lowest BCUT2D eigenvalue weighted by molar-refractivity contribution is -0.117. The van der Waals surface area contributed by atoms with Crippen molar-refractivity contribution in [2.75, 3.05) is 0 Å². The number of nitrogens with one attached hydrogen (secondary N) is 1. The molecule has 1 aliphatic rings. The van der Waals surface area contributed by atoms with Crippen LogP contribution in [-0.4, -0.2) is 10.9 Å². The van der Waals surface area contributed by atoms with Crippen molar-refractivity contribution >= 4 is 23.3 Å². The molecule has 4 nitrogen and oxygen atoms in total. The minimum Gasteiger partial charge on any atom is -0.345 e. The molecule has 1 unspecified atom stereocenters. The maximum Gasteiger partial charge on any atom is 0.262 e. The molecule has 1 aliphatic carbocycles. The summed E-state index contributed by atoms with van der Waals surface area (Å²) >= 11 is 1.60. The van der Waals surface area contributed by atoms with E-state index in [0.717, 1.165) is 17.0 Å². The van der Waals surface area contributed by atoms with Gasteiger partial charge >= 0.3 is 0 Å². The molecule has 122 valence electrons. The molecule has 0 spiro atoms. The Labute approximate surface area is 145 Å². The van der Waals surface area contributed by atoms with E-state index in [1.807, 2.05) is 48.7 Å². The minimum atomic E-state index is -0.353. The standard InChI is InChI=1S/C19H19N3OS/c1-2-17(13-6-4-3-5-7-13)22-18(23)15(11-20)10-16-12-24-19(21-16)14-8-9-14/h3-7,10,12,14,17H,2,8-9H2,1H3,(H,22,23)/b15-10+. The van der Waals surface area contributed by atoms with E-state index in [0.29, 0.717) is 11.6 Å². The number of hydrogen-bond acceptors (Lipinski definition) is 4. The number of hydrogen-bond donors (Lipinski definition) is 1. The number of amides is 1. The van der Waals surface area contributed by atoms with Crippen LogP contribution >= 0.6 is 11.3 Å². The van der Waals surface area contributed by atoms with Gasteiger partial charge in [-0.1, -0.05) is 37.3 Å².